The molecule has 2 aromatic carbocycles. The monoisotopic (exact) mass is 418 g/mol. The third-order valence-corrected chi connectivity index (χ3v) is 7.19. The Hall–Kier alpha value is -1.56. The molecule has 0 unspecified atom stereocenters. The van der Waals surface area contributed by atoms with E-state index >= 15 is 0 Å². The van der Waals surface area contributed by atoms with Gasteiger partial charge in [-0.05, 0) is 101 Å². The molecule has 0 fully saturated rings. The Bertz CT molecular complexity index is 884. The summed E-state index contributed by atoms with van der Waals surface area (Å²) in [4.78, 5) is 0. The molecule has 0 spiro atoms. The van der Waals surface area contributed by atoms with Crippen molar-refractivity contribution in [3.8, 4) is 11.1 Å². The number of hydrogen-bond acceptors (Lipinski definition) is 0. The molecule has 0 nitrogen and oxygen atoms in total. The van der Waals surface area contributed by atoms with Crippen LogP contribution in [-0.2, 0) is 44.9 Å². The van der Waals surface area contributed by atoms with Gasteiger partial charge in [0.05, 0.1) is 0 Å². The highest BCUT2D eigenvalue weighted by molar-refractivity contribution is 5.86. The Kier molecular flexibility index (Phi) is 8.82. The van der Waals surface area contributed by atoms with E-state index in [-0.39, 0.29) is 0 Å². The van der Waals surface area contributed by atoms with Crippen molar-refractivity contribution >= 4 is 0 Å². The van der Waals surface area contributed by atoms with Crippen LogP contribution in [0.3, 0.4) is 0 Å². The van der Waals surface area contributed by atoms with Crippen LogP contribution in [0.1, 0.15) is 125 Å². The summed E-state index contributed by atoms with van der Waals surface area (Å²) in [6.07, 6.45) is 16.1. The first kappa shape index (κ1) is 24.1. The average molecular weight is 419 g/mol. The number of rotatable bonds is 12. The van der Waals surface area contributed by atoms with Gasteiger partial charge in [-0.15, -0.1) is 0 Å². The topological polar surface area (TPSA) is 0 Å². The molecule has 0 aromatic heterocycles. The third kappa shape index (κ3) is 4.64. The summed E-state index contributed by atoms with van der Waals surface area (Å²) >= 11 is 0. The number of fused-ring (bicyclic) bond motifs is 3. The fourth-order valence-corrected chi connectivity index (χ4v) is 6.14. The molecule has 3 rings (SSSR count). The second-order valence-electron chi connectivity index (χ2n) is 9.68. The summed E-state index contributed by atoms with van der Waals surface area (Å²) in [6.45, 7) is 14.2. The fraction of sp³-hybridized carbons (Fsp3) is 0.613. The third-order valence-electron chi connectivity index (χ3n) is 7.19. The average Bonchev–Trinajstić information content (AvgIpc) is 3.14. The maximum atomic E-state index is 2.49. The van der Waals surface area contributed by atoms with Crippen LogP contribution in [-0.4, -0.2) is 0 Å². The van der Waals surface area contributed by atoms with Gasteiger partial charge < -0.3 is 0 Å². The van der Waals surface area contributed by atoms with Crippen molar-refractivity contribution in [3.63, 3.8) is 0 Å². The predicted molar refractivity (Wildman–Crippen MR) is 139 cm³/mol. The summed E-state index contributed by atoms with van der Waals surface area (Å²) < 4.78 is 0. The maximum Gasteiger partial charge on any atom is -0.00104 e. The molecule has 0 N–H and O–H groups in total. The summed E-state index contributed by atoms with van der Waals surface area (Å²) in [5.41, 5.74) is 17.0. The van der Waals surface area contributed by atoms with Crippen LogP contribution in [0.2, 0.25) is 0 Å². The molecule has 1 aliphatic carbocycles. The minimum atomic E-state index is 1.17. The lowest BCUT2D eigenvalue weighted by Crippen LogP contribution is -2.10. The number of benzene rings is 2. The molecule has 0 heteroatoms. The van der Waals surface area contributed by atoms with Crippen molar-refractivity contribution in [3.05, 3.63) is 56.6 Å². The van der Waals surface area contributed by atoms with Gasteiger partial charge in [0.2, 0.25) is 0 Å². The second kappa shape index (κ2) is 11.3. The Labute approximate surface area is 192 Å². The van der Waals surface area contributed by atoms with Gasteiger partial charge in [-0.3, -0.25) is 0 Å². The molecular formula is C31H46. The van der Waals surface area contributed by atoms with Gasteiger partial charge in [-0.2, -0.15) is 0 Å². The van der Waals surface area contributed by atoms with Gasteiger partial charge in [-0.1, -0.05) is 92.2 Å². The van der Waals surface area contributed by atoms with Crippen molar-refractivity contribution in [2.45, 2.75) is 125 Å². The smallest absolute Gasteiger partial charge is 0.00104 e. The highest BCUT2D eigenvalue weighted by Gasteiger charge is 2.30. The zero-order valence-corrected chi connectivity index (χ0v) is 21.3. The standard InChI is InChI=1S/C31H46/c1-7-13-22-19-20-23-21-29-27(17-11-5)25(15-9-3)26(16-10-4)28(18-12-6)31(29)30(23)24(22)14-8-2/h19-20H,7-18,21H2,1-6H3. The van der Waals surface area contributed by atoms with Crippen LogP contribution in [0.25, 0.3) is 11.1 Å². The summed E-state index contributed by atoms with van der Waals surface area (Å²) in [5, 5.41) is 0. The zero-order chi connectivity index (χ0) is 22.4. The Morgan fingerprint density at radius 2 is 0.968 bits per heavy atom. The van der Waals surface area contributed by atoms with E-state index in [1.165, 1.54) is 83.5 Å². The van der Waals surface area contributed by atoms with Crippen molar-refractivity contribution in [1.29, 1.82) is 0 Å². The fourth-order valence-electron chi connectivity index (χ4n) is 6.14. The van der Waals surface area contributed by atoms with Crippen LogP contribution < -0.4 is 0 Å². The van der Waals surface area contributed by atoms with Gasteiger partial charge in [0, 0.05) is 0 Å². The molecule has 0 radical (unpaired) electrons. The molecule has 31 heavy (non-hydrogen) atoms. The normalized spacial score (nSPS) is 12.3. The minimum absolute atomic E-state index is 1.17. The van der Waals surface area contributed by atoms with Crippen molar-refractivity contribution in [1.82, 2.24) is 0 Å². The lowest BCUT2D eigenvalue weighted by Gasteiger charge is -2.25. The summed E-state index contributed by atoms with van der Waals surface area (Å²) in [5.74, 6) is 0. The van der Waals surface area contributed by atoms with E-state index in [2.05, 4.69) is 53.7 Å². The molecule has 0 saturated carbocycles. The second-order valence-corrected chi connectivity index (χ2v) is 9.68. The Balaban J connectivity index is 2.40. The first-order chi connectivity index (χ1) is 15.2. The zero-order valence-electron chi connectivity index (χ0n) is 21.3. The van der Waals surface area contributed by atoms with Crippen LogP contribution in [0, 0.1) is 0 Å². The van der Waals surface area contributed by atoms with E-state index in [1.54, 1.807) is 55.6 Å². The SMILES string of the molecule is CCCc1ccc2c(c1CCC)-c1c(CCC)c(CCC)c(CCC)c(CCC)c1C2. The molecule has 0 aliphatic heterocycles. The van der Waals surface area contributed by atoms with Crippen LogP contribution >= 0.6 is 0 Å². The van der Waals surface area contributed by atoms with E-state index < -0.39 is 0 Å². The summed E-state index contributed by atoms with van der Waals surface area (Å²) in [7, 11) is 0. The van der Waals surface area contributed by atoms with Crippen LogP contribution in [0.15, 0.2) is 12.1 Å². The molecule has 170 valence electrons. The van der Waals surface area contributed by atoms with E-state index in [9.17, 15) is 0 Å². The molecule has 0 amide bonds. The summed E-state index contributed by atoms with van der Waals surface area (Å²) in [6, 6.07) is 4.96. The number of aryl methyl sites for hydroxylation is 1. The van der Waals surface area contributed by atoms with E-state index in [1.807, 2.05) is 0 Å². The van der Waals surface area contributed by atoms with E-state index in [0.29, 0.717) is 0 Å². The molecule has 1 aliphatic rings. The van der Waals surface area contributed by atoms with Crippen molar-refractivity contribution in [2.75, 3.05) is 0 Å². The van der Waals surface area contributed by atoms with E-state index in [0.717, 1.165) is 0 Å². The molecule has 0 saturated heterocycles. The lowest BCUT2D eigenvalue weighted by molar-refractivity contribution is 0.796. The van der Waals surface area contributed by atoms with Crippen molar-refractivity contribution < 1.29 is 0 Å². The van der Waals surface area contributed by atoms with Gasteiger partial charge in [0.15, 0.2) is 0 Å². The maximum absolute atomic E-state index is 2.49. The van der Waals surface area contributed by atoms with Gasteiger partial charge in [0.25, 0.3) is 0 Å². The highest BCUT2D eigenvalue weighted by atomic mass is 14.3. The molecule has 0 heterocycles. The van der Waals surface area contributed by atoms with Gasteiger partial charge in [0.1, 0.15) is 0 Å². The lowest BCUT2D eigenvalue weighted by atomic mass is 9.79. The first-order valence-corrected chi connectivity index (χ1v) is 13.5. The largest absolute Gasteiger partial charge is 0.0651 e. The minimum Gasteiger partial charge on any atom is -0.0651 e. The molecular weight excluding hydrogens is 372 g/mol. The predicted octanol–water partition coefficient (Wildman–Crippen LogP) is 8.97. The van der Waals surface area contributed by atoms with Gasteiger partial charge >= 0.3 is 0 Å². The Morgan fingerprint density at radius 3 is 1.55 bits per heavy atom. The van der Waals surface area contributed by atoms with E-state index in [4.69, 9.17) is 0 Å². The van der Waals surface area contributed by atoms with Crippen LogP contribution in [0.4, 0.5) is 0 Å². The van der Waals surface area contributed by atoms with Crippen LogP contribution in [0.5, 0.6) is 0 Å². The van der Waals surface area contributed by atoms with Crippen molar-refractivity contribution in [2.24, 2.45) is 0 Å². The quantitative estimate of drug-likeness (QED) is 0.275. The number of hydrogen-bond donors (Lipinski definition) is 0. The molecule has 2 aromatic rings. The molecule has 0 bridgehead atoms. The Morgan fingerprint density at radius 1 is 0.484 bits per heavy atom. The first-order valence-electron chi connectivity index (χ1n) is 13.5. The van der Waals surface area contributed by atoms with Gasteiger partial charge in [-0.25, -0.2) is 0 Å². The molecule has 0 atom stereocenters. The highest BCUT2D eigenvalue weighted by Crippen LogP contribution is 2.48.